The summed E-state index contributed by atoms with van der Waals surface area (Å²) in [6.07, 6.45) is 3.44. The smallest absolute Gasteiger partial charge is 0.413 e. The number of aldehydes is 1. The van der Waals surface area contributed by atoms with Crippen molar-refractivity contribution in [1.29, 1.82) is 0 Å². The number of hydrogen-bond acceptors (Lipinski definition) is 6. The van der Waals surface area contributed by atoms with E-state index in [2.05, 4.69) is 20.5 Å². The van der Waals surface area contributed by atoms with Crippen LogP contribution in [0.1, 0.15) is 36.8 Å². The Balaban J connectivity index is 1.81. The third-order valence-electron chi connectivity index (χ3n) is 4.40. The van der Waals surface area contributed by atoms with Gasteiger partial charge in [-0.2, -0.15) is 5.10 Å². The molecule has 0 saturated heterocycles. The number of hydrogen-bond donors (Lipinski definition) is 1. The average Bonchev–Trinajstić information content (AvgIpc) is 3.29. The molecule has 158 valence electrons. The van der Waals surface area contributed by atoms with E-state index in [4.69, 9.17) is 4.74 Å². The molecule has 31 heavy (non-hydrogen) atoms. The Labute approximate surface area is 178 Å². The highest BCUT2D eigenvalue weighted by Crippen LogP contribution is 2.27. The van der Waals surface area contributed by atoms with Crippen LogP contribution >= 0.6 is 0 Å². The van der Waals surface area contributed by atoms with Gasteiger partial charge in [-0.05, 0) is 52.0 Å². The Morgan fingerprint density at radius 2 is 2.00 bits per heavy atom. The molecule has 4 heterocycles. The first-order valence-electron chi connectivity index (χ1n) is 9.70. The van der Waals surface area contributed by atoms with Crippen molar-refractivity contribution in [2.75, 3.05) is 5.32 Å². The second-order valence-corrected chi connectivity index (χ2v) is 8.05. The van der Waals surface area contributed by atoms with Crippen LogP contribution in [0.15, 0.2) is 48.8 Å². The highest BCUT2D eigenvalue weighted by atomic mass is 16.6. The number of ether oxygens (including phenoxy) is 1. The molecule has 0 aliphatic carbocycles. The van der Waals surface area contributed by atoms with Crippen molar-refractivity contribution in [3.63, 3.8) is 0 Å². The molecule has 0 atom stereocenters. The summed E-state index contributed by atoms with van der Waals surface area (Å²) < 4.78 is 8.60. The standard InChI is InChI=1S/C22H22N6O3/c1-14-6-5-7-20(24-14)28-18(11-19(26-28)25-21(30)31-22(2,3)4)15-8-9-27-17(10-15)16(13-29)12-23-27/h5-13H,1-4H3,(H,25,26,30). The van der Waals surface area contributed by atoms with Gasteiger partial charge in [-0.25, -0.2) is 19.0 Å². The first kappa shape index (κ1) is 20.3. The molecule has 0 aliphatic rings. The fraction of sp³-hybridized carbons (Fsp3) is 0.227. The summed E-state index contributed by atoms with van der Waals surface area (Å²) in [5, 5.41) is 11.4. The van der Waals surface area contributed by atoms with Gasteiger partial charge in [-0.3, -0.25) is 10.1 Å². The molecule has 9 nitrogen and oxygen atoms in total. The molecule has 0 aliphatic heterocycles. The van der Waals surface area contributed by atoms with Gasteiger partial charge < -0.3 is 4.74 Å². The van der Waals surface area contributed by atoms with Crippen LogP contribution in [0.2, 0.25) is 0 Å². The molecule has 9 heteroatoms. The van der Waals surface area contributed by atoms with Crippen LogP contribution in [0.25, 0.3) is 22.6 Å². The molecule has 0 radical (unpaired) electrons. The number of nitrogens with one attached hydrogen (secondary N) is 1. The van der Waals surface area contributed by atoms with Gasteiger partial charge in [0.15, 0.2) is 17.9 Å². The molecule has 0 aromatic carbocycles. The summed E-state index contributed by atoms with van der Waals surface area (Å²) in [4.78, 5) is 28.2. The maximum atomic E-state index is 12.3. The lowest BCUT2D eigenvalue weighted by atomic mass is 10.1. The van der Waals surface area contributed by atoms with Gasteiger partial charge in [0, 0.05) is 23.5 Å². The van der Waals surface area contributed by atoms with Crippen LogP contribution in [-0.4, -0.2) is 42.4 Å². The third kappa shape index (κ3) is 4.30. The normalized spacial score (nSPS) is 11.5. The fourth-order valence-corrected chi connectivity index (χ4v) is 3.13. The van der Waals surface area contributed by atoms with Crippen molar-refractivity contribution >= 4 is 23.7 Å². The Bertz CT molecular complexity index is 1280. The van der Waals surface area contributed by atoms with Gasteiger partial charge in [0.2, 0.25) is 0 Å². The molecular weight excluding hydrogens is 396 g/mol. The zero-order valence-electron chi connectivity index (χ0n) is 17.7. The van der Waals surface area contributed by atoms with E-state index in [0.29, 0.717) is 28.4 Å². The van der Waals surface area contributed by atoms with E-state index in [1.54, 1.807) is 42.2 Å². The number of amides is 1. The Morgan fingerprint density at radius 1 is 1.19 bits per heavy atom. The number of nitrogens with zero attached hydrogens (tertiary/aromatic N) is 5. The minimum absolute atomic E-state index is 0.316. The molecule has 1 amide bonds. The van der Waals surface area contributed by atoms with Gasteiger partial charge in [0.1, 0.15) is 5.60 Å². The molecule has 4 rings (SSSR count). The number of aromatic nitrogens is 5. The second-order valence-electron chi connectivity index (χ2n) is 8.05. The molecule has 4 aromatic rings. The first-order valence-corrected chi connectivity index (χ1v) is 9.70. The summed E-state index contributed by atoms with van der Waals surface area (Å²) in [5.74, 6) is 0.910. The molecule has 0 spiro atoms. The Morgan fingerprint density at radius 3 is 2.71 bits per heavy atom. The van der Waals surface area contributed by atoms with Crippen LogP contribution < -0.4 is 5.32 Å². The third-order valence-corrected chi connectivity index (χ3v) is 4.40. The van der Waals surface area contributed by atoms with Gasteiger partial charge in [0.25, 0.3) is 0 Å². The molecular formula is C22H22N6O3. The minimum Gasteiger partial charge on any atom is -0.444 e. The fourth-order valence-electron chi connectivity index (χ4n) is 3.13. The van der Waals surface area contributed by atoms with Crippen LogP contribution in [0, 0.1) is 6.92 Å². The summed E-state index contributed by atoms with van der Waals surface area (Å²) in [5.41, 5.74) is 2.81. The van der Waals surface area contributed by atoms with Crippen LogP contribution in [0.5, 0.6) is 0 Å². The van der Waals surface area contributed by atoms with E-state index in [1.807, 2.05) is 37.3 Å². The van der Waals surface area contributed by atoms with Crippen LogP contribution in [0.3, 0.4) is 0 Å². The van der Waals surface area contributed by atoms with E-state index in [0.717, 1.165) is 17.5 Å². The van der Waals surface area contributed by atoms with Crippen molar-refractivity contribution < 1.29 is 14.3 Å². The highest BCUT2D eigenvalue weighted by molar-refractivity contribution is 5.88. The average molecular weight is 418 g/mol. The lowest BCUT2D eigenvalue weighted by Gasteiger charge is -2.19. The van der Waals surface area contributed by atoms with E-state index in [1.165, 1.54) is 6.20 Å². The van der Waals surface area contributed by atoms with Crippen molar-refractivity contribution in [3.8, 4) is 17.1 Å². The molecule has 4 aromatic heterocycles. The van der Waals surface area contributed by atoms with Crippen LogP contribution in [-0.2, 0) is 4.74 Å². The first-order chi connectivity index (χ1) is 14.7. The number of anilines is 1. The van der Waals surface area contributed by atoms with Gasteiger partial charge in [-0.1, -0.05) is 6.07 Å². The zero-order valence-corrected chi connectivity index (χ0v) is 17.7. The molecule has 0 unspecified atom stereocenters. The predicted molar refractivity (Wildman–Crippen MR) is 116 cm³/mol. The van der Waals surface area contributed by atoms with Crippen molar-refractivity contribution in [2.24, 2.45) is 0 Å². The number of rotatable bonds is 4. The predicted octanol–water partition coefficient (Wildman–Crippen LogP) is 4.05. The zero-order chi connectivity index (χ0) is 22.2. The number of carbonyl (C=O) groups excluding carboxylic acids is 2. The topological polar surface area (TPSA) is 103 Å². The van der Waals surface area contributed by atoms with Gasteiger partial charge in [-0.15, -0.1) is 5.10 Å². The summed E-state index contributed by atoms with van der Waals surface area (Å²) in [6.45, 7) is 7.26. The van der Waals surface area contributed by atoms with E-state index >= 15 is 0 Å². The number of aryl methyl sites for hydroxylation is 1. The largest absolute Gasteiger partial charge is 0.444 e. The molecule has 1 N–H and O–H groups in total. The summed E-state index contributed by atoms with van der Waals surface area (Å²) in [6, 6.07) is 11.0. The molecule has 0 saturated carbocycles. The monoisotopic (exact) mass is 418 g/mol. The van der Waals surface area contributed by atoms with Gasteiger partial charge >= 0.3 is 6.09 Å². The lowest BCUT2D eigenvalue weighted by Crippen LogP contribution is -2.27. The SMILES string of the molecule is Cc1cccc(-n2nc(NC(=O)OC(C)(C)C)cc2-c2ccn3ncc(C=O)c3c2)n1. The van der Waals surface area contributed by atoms with Gasteiger partial charge in [0.05, 0.1) is 23.0 Å². The quantitative estimate of drug-likeness (QED) is 0.502. The molecule has 0 bridgehead atoms. The maximum Gasteiger partial charge on any atom is 0.413 e. The maximum absolute atomic E-state index is 12.3. The summed E-state index contributed by atoms with van der Waals surface area (Å²) in [7, 11) is 0. The Hall–Kier alpha value is -4.01. The van der Waals surface area contributed by atoms with E-state index < -0.39 is 11.7 Å². The number of pyridine rings is 2. The van der Waals surface area contributed by atoms with Crippen molar-refractivity contribution in [1.82, 2.24) is 24.4 Å². The minimum atomic E-state index is -0.633. The number of carbonyl (C=O) groups is 2. The number of fused-ring (bicyclic) bond motifs is 1. The Kier molecular flexibility index (Phi) is 5.02. The van der Waals surface area contributed by atoms with Crippen molar-refractivity contribution in [2.45, 2.75) is 33.3 Å². The van der Waals surface area contributed by atoms with E-state index in [9.17, 15) is 9.59 Å². The second kappa shape index (κ2) is 7.67. The molecule has 0 fully saturated rings. The van der Waals surface area contributed by atoms with Crippen LogP contribution in [0.4, 0.5) is 10.6 Å². The summed E-state index contributed by atoms with van der Waals surface area (Å²) >= 11 is 0. The lowest BCUT2D eigenvalue weighted by molar-refractivity contribution is 0.0635. The highest BCUT2D eigenvalue weighted by Gasteiger charge is 2.19. The van der Waals surface area contributed by atoms with E-state index in [-0.39, 0.29) is 0 Å². The van der Waals surface area contributed by atoms with Crippen molar-refractivity contribution in [3.05, 3.63) is 60.0 Å².